The zero-order valence-electron chi connectivity index (χ0n) is 11.1. The molecule has 4 nitrogen and oxygen atoms in total. The minimum atomic E-state index is -0.0480. The summed E-state index contributed by atoms with van der Waals surface area (Å²) < 4.78 is 5.33. The molecule has 0 fully saturated rings. The Hall–Kier alpha value is -2.23. The number of hydrogen-bond acceptors (Lipinski definition) is 3. The first kappa shape index (κ1) is 13.2. The lowest BCUT2D eigenvalue weighted by Crippen LogP contribution is -2.22. The molecule has 19 heavy (non-hydrogen) atoms. The largest absolute Gasteiger partial charge is 0.467 e. The fourth-order valence-electron chi connectivity index (χ4n) is 1.84. The SMILES string of the molecule is CCNC(=O)c1ccc(NC(C)c2ccco2)cc1. The lowest BCUT2D eigenvalue weighted by Gasteiger charge is -2.13. The highest BCUT2D eigenvalue weighted by Gasteiger charge is 2.08. The van der Waals surface area contributed by atoms with Crippen molar-refractivity contribution < 1.29 is 9.21 Å². The van der Waals surface area contributed by atoms with Gasteiger partial charge < -0.3 is 15.1 Å². The molecule has 100 valence electrons. The van der Waals surface area contributed by atoms with E-state index in [1.165, 1.54) is 0 Å². The molecular weight excluding hydrogens is 240 g/mol. The molecule has 4 heteroatoms. The van der Waals surface area contributed by atoms with Gasteiger partial charge in [-0.05, 0) is 50.2 Å². The van der Waals surface area contributed by atoms with Crippen LogP contribution in [-0.2, 0) is 0 Å². The number of carbonyl (C=O) groups is 1. The van der Waals surface area contributed by atoms with Gasteiger partial charge in [-0.15, -0.1) is 0 Å². The molecule has 0 aliphatic carbocycles. The fourth-order valence-corrected chi connectivity index (χ4v) is 1.84. The Morgan fingerprint density at radius 1 is 1.26 bits per heavy atom. The van der Waals surface area contributed by atoms with Crippen molar-refractivity contribution in [2.24, 2.45) is 0 Å². The standard InChI is InChI=1S/C15H18N2O2/c1-3-16-15(18)12-6-8-13(9-7-12)17-11(2)14-5-4-10-19-14/h4-11,17H,3H2,1-2H3,(H,16,18). The number of anilines is 1. The van der Waals surface area contributed by atoms with E-state index in [1.807, 2.05) is 50.2 Å². The summed E-state index contributed by atoms with van der Waals surface area (Å²) in [6.07, 6.45) is 1.66. The Morgan fingerprint density at radius 3 is 2.58 bits per heavy atom. The van der Waals surface area contributed by atoms with Crippen molar-refractivity contribution in [2.75, 3.05) is 11.9 Å². The van der Waals surface area contributed by atoms with Crippen LogP contribution in [0.3, 0.4) is 0 Å². The van der Waals surface area contributed by atoms with Gasteiger partial charge in [-0.2, -0.15) is 0 Å². The molecule has 0 saturated heterocycles. The number of carbonyl (C=O) groups excluding carboxylic acids is 1. The van der Waals surface area contributed by atoms with Gasteiger partial charge in [-0.25, -0.2) is 0 Å². The molecular formula is C15H18N2O2. The predicted octanol–water partition coefficient (Wildman–Crippen LogP) is 3.20. The van der Waals surface area contributed by atoms with Gasteiger partial charge in [0.2, 0.25) is 0 Å². The molecule has 0 spiro atoms. The summed E-state index contributed by atoms with van der Waals surface area (Å²) in [6, 6.07) is 11.3. The van der Waals surface area contributed by atoms with E-state index in [2.05, 4.69) is 10.6 Å². The molecule has 0 aliphatic heterocycles. The third-order valence-corrected chi connectivity index (χ3v) is 2.84. The molecule has 2 N–H and O–H groups in total. The Morgan fingerprint density at radius 2 is 2.00 bits per heavy atom. The first-order valence-corrected chi connectivity index (χ1v) is 6.39. The molecule has 0 bridgehead atoms. The smallest absolute Gasteiger partial charge is 0.251 e. The average Bonchev–Trinajstić information content (AvgIpc) is 2.94. The van der Waals surface area contributed by atoms with Gasteiger partial charge >= 0.3 is 0 Å². The Bertz CT molecular complexity index is 518. The van der Waals surface area contributed by atoms with Crippen LogP contribution in [0.1, 0.15) is 36.0 Å². The zero-order chi connectivity index (χ0) is 13.7. The molecule has 0 radical (unpaired) electrons. The third kappa shape index (κ3) is 3.37. The van der Waals surface area contributed by atoms with Crippen LogP contribution in [-0.4, -0.2) is 12.5 Å². The number of furan rings is 1. The van der Waals surface area contributed by atoms with Crippen LogP contribution in [0.4, 0.5) is 5.69 Å². The van der Waals surface area contributed by atoms with E-state index in [0.717, 1.165) is 11.4 Å². The van der Waals surface area contributed by atoms with Crippen molar-refractivity contribution >= 4 is 11.6 Å². The summed E-state index contributed by atoms with van der Waals surface area (Å²) in [6.45, 7) is 4.56. The van der Waals surface area contributed by atoms with E-state index in [4.69, 9.17) is 4.42 Å². The summed E-state index contributed by atoms with van der Waals surface area (Å²) in [7, 11) is 0. The minimum Gasteiger partial charge on any atom is -0.467 e. The number of nitrogens with one attached hydrogen (secondary N) is 2. The normalized spacial score (nSPS) is 11.9. The van der Waals surface area contributed by atoms with E-state index in [0.29, 0.717) is 12.1 Å². The van der Waals surface area contributed by atoms with Crippen LogP contribution in [0, 0.1) is 0 Å². The number of amides is 1. The lowest BCUT2D eigenvalue weighted by atomic mass is 10.1. The summed E-state index contributed by atoms with van der Waals surface area (Å²) in [4.78, 5) is 11.6. The minimum absolute atomic E-state index is 0.0480. The van der Waals surface area contributed by atoms with E-state index in [1.54, 1.807) is 6.26 Å². The van der Waals surface area contributed by atoms with Crippen LogP contribution in [0.25, 0.3) is 0 Å². The first-order valence-electron chi connectivity index (χ1n) is 6.39. The topological polar surface area (TPSA) is 54.3 Å². The Kier molecular flexibility index (Phi) is 4.23. The van der Waals surface area contributed by atoms with Gasteiger partial charge in [-0.3, -0.25) is 4.79 Å². The quantitative estimate of drug-likeness (QED) is 0.866. The van der Waals surface area contributed by atoms with Crippen molar-refractivity contribution in [1.82, 2.24) is 5.32 Å². The van der Waals surface area contributed by atoms with Gasteiger partial charge in [0.1, 0.15) is 5.76 Å². The van der Waals surface area contributed by atoms with E-state index >= 15 is 0 Å². The third-order valence-electron chi connectivity index (χ3n) is 2.84. The summed E-state index contributed by atoms with van der Waals surface area (Å²) >= 11 is 0. The van der Waals surface area contributed by atoms with Crippen molar-refractivity contribution in [3.05, 3.63) is 54.0 Å². The Balaban J connectivity index is 2.01. The second-order valence-corrected chi connectivity index (χ2v) is 4.32. The maximum Gasteiger partial charge on any atom is 0.251 e. The Labute approximate surface area is 112 Å². The van der Waals surface area contributed by atoms with Gasteiger partial charge in [0, 0.05) is 17.8 Å². The average molecular weight is 258 g/mol. The second kappa shape index (κ2) is 6.09. The highest BCUT2D eigenvalue weighted by molar-refractivity contribution is 5.94. The second-order valence-electron chi connectivity index (χ2n) is 4.32. The van der Waals surface area contributed by atoms with Gasteiger partial charge in [0.25, 0.3) is 5.91 Å². The van der Waals surface area contributed by atoms with Gasteiger partial charge in [0.15, 0.2) is 0 Å². The molecule has 2 aromatic rings. The van der Waals surface area contributed by atoms with Crippen LogP contribution in [0.2, 0.25) is 0 Å². The highest BCUT2D eigenvalue weighted by atomic mass is 16.3. The molecule has 0 saturated carbocycles. The molecule has 1 unspecified atom stereocenters. The monoisotopic (exact) mass is 258 g/mol. The number of hydrogen-bond donors (Lipinski definition) is 2. The van der Waals surface area contributed by atoms with Gasteiger partial charge in [-0.1, -0.05) is 0 Å². The van der Waals surface area contributed by atoms with Crippen LogP contribution < -0.4 is 10.6 Å². The summed E-state index contributed by atoms with van der Waals surface area (Å²) in [5, 5.41) is 6.09. The molecule has 2 rings (SSSR count). The predicted molar refractivity (Wildman–Crippen MR) is 75.2 cm³/mol. The molecule has 1 heterocycles. The van der Waals surface area contributed by atoms with Crippen molar-refractivity contribution in [3.63, 3.8) is 0 Å². The van der Waals surface area contributed by atoms with Crippen molar-refractivity contribution in [1.29, 1.82) is 0 Å². The van der Waals surface area contributed by atoms with Gasteiger partial charge in [0.05, 0.1) is 12.3 Å². The van der Waals surface area contributed by atoms with Crippen molar-refractivity contribution in [3.8, 4) is 0 Å². The van der Waals surface area contributed by atoms with Crippen molar-refractivity contribution in [2.45, 2.75) is 19.9 Å². The molecule has 1 atom stereocenters. The molecule has 1 amide bonds. The summed E-state index contributed by atoms with van der Waals surface area (Å²) in [5.74, 6) is 0.834. The van der Waals surface area contributed by atoms with Crippen LogP contribution in [0.5, 0.6) is 0 Å². The maximum absolute atomic E-state index is 11.6. The highest BCUT2D eigenvalue weighted by Crippen LogP contribution is 2.19. The summed E-state index contributed by atoms with van der Waals surface area (Å²) in [5.41, 5.74) is 1.62. The van der Waals surface area contributed by atoms with E-state index in [-0.39, 0.29) is 11.9 Å². The van der Waals surface area contributed by atoms with Crippen LogP contribution >= 0.6 is 0 Å². The zero-order valence-corrected chi connectivity index (χ0v) is 11.1. The van der Waals surface area contributed by atoms with E-state index < -0.39 is 0 Å². The lowest BCUT2D eigenvalue weighted by molar-refractivity contribution is 0.0956. The first-order chi connectivity index (χ1) is 9.20. The fraction of sp³-hybridized carbons (Fsp3) is 0.267. The van der Waals surface area contributed by atoms with Crippen LogP contribution in [0.15, 0.2) is 47.1 Å². The van der Waals surface area contributed by atoms with E-state index in [9.17, 15) is 4.79 Å². The number of benzene rings is 1. The molecule has 1 aromatic carbocycles. The molecule has 1 aromatic heterocycles. The molecule has 0 aliphatic rings. The number of rotatable bonds is 5. The maximum atomic E-state index is 11.6.